The van der Waals surface area contributed by atoms with Crippen molar-refractivity contribution in [3.05, 3.63) is 42.5 Å². The summed E-state index contributed by atoms with van der Waals surface area (Å²) in [6, 6.07) is 5.39. The molecule has 0 radical (unpaired) electrons. The van der Waals surface area contributed by atoms with Gasteiger partial charge in [-0.3, -0.25) is 9.67 Å². The van der Waals surface area contributed by atoms with Gasteiger partial charge in [0, 0.05) is 25.5 Å². The van der Waals surface area contributed by atoms with Crippen LogP contribution in [0.2, 0.25) is 0 Å². The Labute approximate surface area is 100 Å². The van der Waals surface area contributed by atoms with E-state index in [-0.39, 0.29) is 5.75 Å². The van der Waals surface area contributed by atoms with Crippen LogP contribution in [0.15, 0.2) is 36.8 Å². The lowest BCUT2D eigenvalue weighted by Gasteiger charge is -2.04. The zero-order chi connectivity index (χ0) is 11.9. The predicted molar refractivity (Wildman–Crippen MR) is 64.5 cm³/mol. The van der Waals surface area contributed by atoms with Crippen LogP contribution in [0, 0.1) is 0 Å². The molecular weight excluding hydrogens is 216 g/mol. The van der Waals surface area contributed by atoms with Gasteiger partial charge in [-0.2, -0.15) is 5.10 Å². The summed E-state index contributed by atoms with van der Waals surface area (Å²) in [6.07, 6.45) is 6.23. The predicted octanol–water partition coefficient (Wildman–Crippen LogP) is 1.16. The lowest BCUT2D eigenvalue weighted by atomic mass is 10.3. The molecule has 0 fully saturated rings. The Balaban J connectivity index is 1.61. The number of aromatic hydroxyl groups is 1. The molecule has 2 aromatic heterocycles. The molecule has 0 aliphatic carbocycles. The van der Waals surface area contributed by atoms with Crippen molar-refractivity contribution < 1.29 is 5.11 Å². The molecule has 2 aromatic rings. The van der Waals surface area contributed by atoms with Crippen molar-refractivity contribution in [2.24, 2.45) is 0 Å². The van der Waals surface area contributed by atoms with Gasteiger partial charge in [0.15, 0.2) is 0 Å². The van der Waals surface area contributed by atoms with Crippen molar-refractivity contribution in [1.82, 2.24) is 20.1 Å². The van der Waals surface area contributed by atoms with E-state index in [1.54, 1.807) is 12.3 Å². The van der Waals surface area contributed by atoms with E-state index in [2.05, 4.69) is 15.4 Å². The summed E-state index contributed by atoms with van der Waals surface area (Å²) in [6.45, 7) is 2.56. The third-order valence-electron chi connectivity index (χ3n) is 2.42. The number of hydrogen-bond donors (Lipinski definition) is 2. The first-order chi connectivity index (χ1) is 8.34. The Morgan fingerprint density at radius 2 is 2.29 bits per heavy atom. The first-order valence-electron chi connectivity index (χ1n) is 5.66. The van der Waals surface area contributed by atoms with Crippen molar-refractivity contribution in [3.63, 3.8) is 0 Å². The highest BCUT2D eigenvalue weighted by molar-refractivity contribution is 5.17. The summed E-state index contributed by atoms with van der Waals surface area (Å²) in [5.41, 5.74) is 0.932. The fourth-order valence-corrected chi connectivity index (χ4v) is 1.54. The van der Waals surface area contributed by atoms with E-state index in [1.807, 2.05) is 23.0 Å². The molecule has 5 heteroatoms. The van der Waals surface area contributed by atoms with Gasteiger partial charge in [0.1, 0.15) is 5.75 Å². The highest BCUT2D eigenvalue weighted by atomic mass is 16.3. The van der Waals surface area contributed by atoms with Gasteiger partial charge in [0.05, 0.1) is 11.9 Å². The Morgan fingerprint density at radius 1 is 1.35 bits per heavy atom. The average molecular weight is 232 g/mol. The Bertz CT molecular complexity index is 424. The van der Waals surface area contributed by atoms with E-state index >= 15 is 0 Å². The molecule has 0 aliphatic heterocycles. The van der Waals surface area contributed by atoms with Crippen molar-refractivity contribution in [1.29, 1.82) is 0 Å². The fourth-order valence-electron chi connectivity index (χ4n) is 1.54. The molecule has 0 unspecified atom stereocenters. The zero-order valence-corrected chi connectivity index (χ0v) is 9.58. The number of nitrogens with zero attached hydrogens (tertiary/aromatic N) is 3. The molecule has 0 atom stereocenters. The van der Waals surface area contributed by atoms with Gasteiger partial charge in [-0.25, -0.2) is 0 Å². The van der Waals surface area contributed by atoms with E-state index in [4.69, 9.17) is 5.11 Å². The van der Waals surface area contributed by atoms with Crippen LogP contribution in [0.5, 0.6) is 5.75 Å². The minimum atomic E-state index is 0.201. The van der Waals surface area contributed by atoms with E-state index in [1.165, 1.54) is 6.20 Å². The van der Waals surface area contributed by atoms with Gasteiger partial charge >= 0.3 is 0 Å². The molecule has 5 nitrogen and oxygen atoms in total. The monoisotopic (exact) mass is 232 g/mol. The molecule has 17 heavy (non-hydrogen) atoms. The minimum absolute atomic E-state index is 0.201. The van der Waals surface area contributed by atoms with Gasteiger partial charge in [0.25, 0.3) is 0 Å². The number of rotatable bonds is 6. The topological polar surface area (TPSA) is 63.0 Å². The van der Waals surface area contributed by atoms with Gasteiger partial charge in [-0.15, -0.1) is 0 Å². The Kier molecular flexibility index (Phi) is 4.10. The molecule has 2 rings (SSSR count). The van der Waals surface area contributed by atoms with Crippen LogP contribution >= 0.6 is 0 Å². The van der Waals surface area contributed by atoms with Crippen molar-refractivity contribution in [3.8, 4) is 5.75 Å². The molecule has 0 amide bonds. The largest absolute Gasteiger partial charge is 0.506 e. The lowest BCUT2D eigenvalue weighted by molar-refractivity contribution is 0.471. The third-order valence-corrected chi connectivity index (χ3v) is 2.42. The zero-order valence-electron chi connectivity index (χ0n) is 9.58. The maximum Gasteiger partial charge on any atom is 0.133 e. The summed E-state index contributed by atoms with van der Waals surface area (Å²) in [4.78, 5) is 4.10. The summed E-state index contributed by atoms with van der Waals surface area (Å²) in [5, 5.41) is 16.5. The lowest BCUT2D eigenvalue weighted by Crippen LogP contribution is -2.17. The second-order valence-corrected chi connectivity index (χ2v) is 3.81. The van der Waals surface area contributed by atoms with E-state index in [0.29, 0.717) is 0 Å². The highest BCUT2D eigenvalue weighted by Gasteiger charge is 1.95. The number of pyridine rings is 1. The second-order valence-electron chi connectivity index (χ2n) is 3.81. The molecule has 0 aliphatic rings. The third kappa shape index (κ3) is 3.88. The highest BCUT2D eigenvalue weighted by Crippen LogP contribution is 2.05. The smallest absolute Gasteiger partial charge is 0.133 e. The summed E-state index contributed by atoms with van der Waals surface area (Å²) >= 11 is 0. The van der Waals surface area contributed by atoms with Gasteiger partial charge < -0.3 is 10.4 Å². The van der Waals surface area contributed by atoms with Gasteiger partial charge in [-0.1, -0.05) is 0 Å². The van der Waals surface area contributed by atoms with Crippen LogP contribution in [0.25, 0.3) is 0 Å². The first-order valence-corrected chi connectivity index (χ1v) is 5.66. The van der Waals surface area contributed by atoms with Crippen LogP contribution in [0.3, 0.4) is 0 Å². The minimum Gasteiger partial charge on any atom is -0.506 e. The second kappa shape index (κ2) is 6.00. The number of aromatic nitrogens is 3. The molecule has 0 aromatic carbocycles. The Morgan fingerprint density at radius 3 is 3.00 bits per heavy atom. The standard InChI is InChI=1S/C12H16N4O/c17-12-4-3-11(14-10-12)9-13-5-1-7-16-8-2-6-15-16/h2-4,6,8,10,13,17H,1,5,7,9H2. The molecule has 90 valence electrons. The van der Waals surface area contributed by atoms with Crippen molar-refractivity contribution in [2.45, 2.75) is 19.5 Å². The molecule has 2 heterocycles. The molecule has 0 saturated carbocycles. The number of nitrogens with one attached hydrogen (secondary N) is 1. The summed E-state index contributed by atoms with van der Waals surface area (Å²) in [5.74, 6) is 0.201. The SMILES string of the molecule is Oc1ccc(CNCCCn2cccn2)nc1. The fraction of sp³-hybridized carbons (Fsp3) is 0.333. The van der Waals surface area contributed by atoms with Crippen LogP contribution in [0.4, 0.5) is 0 Å². The molecule has 0 spiro atoms. The first kappa shape index (κ1) is 11.6. The van der Waals surface area contributed by atoms with Crippen molar-refractivity contribution >= 4 is 0 Å². The van der Waals surface area contributed by atoms with E-state index in [0.717, 1.165) is 31.7 Å². The van der Waals surface area contributed by atoms with Gasteiger partial charge in [-0.05, 0) is 31.2 Å². The quantitative estimate of drug-likeness (QED) is 0.734. The van der Waals surface area contributed by atoms with Crippen LogP contribution in [0.1, 0.15) is 12.1 Å². The maximum absolute atomic E-state index is 9.08. The number of hydrogen-bond acceptors (Lipinski definition) is 4. The molecular formula is C12H16N4O. The van der Waals surface area contributed by atoms with Gasteiger partial charge in [0.2, 0.25) is 0 Å². The molecule has 2 N–H and O–H groups in total. The van der Waals surface area contributed by atoms with E-state index < -0.39 is 0 Å². The normalized spacial score (nSPS) is 10.6. The summed E-state index contributed by atoms with van der Waals surface area (Å²) in [7, 11) is 0. The number of aryl methyl sites for hydroxylation is 1. The molecule has 0 saturated heterocycles. The van der Waals surface area contributed by atoms with Crippen LogP contribution in [-0.2, 0) is 13.1 Å². The van der Waals surface area contributed by atoms with Crippen LogP contribution < -0.4 is 5.32 Å². The maximum atomic E-state index is 9.08. The average Bonchev–Trinajstić information content (AvgIpc) is 2.84. The Hall–Kier alpha value is -1.88. The molecule has 0 bridgehead atoms. The summed E-state index contributed by atoms with van der Waals surface area (Å²) < 4.78 is 1.92. The van der Waals surface area contributed by atoms with E-state index in [9.17, 15) is 0 Å². The van der Waals surface area contributed by atoms with Crippen molar-refractivity contribution in [2.75, 3.05) is 6.54 Å². The van der Waals surface area contributed by atoms with Crippen LogP contribution in [-0.4, -0.2) is 26.4 Å².